The van der Waals surface area contributed by atoms with Crippen LogP contribution in [0.1, 0.15) is 54.8 Å². The van der Waals surface area contributed by atoms with Crippen LogP contribution in [0.25, 0.3) is 22.7 Å². The van der Waals surface area contributed by atoms with Gasteiger partial charge < -0.3 is 19.0 Å². The minimum atomic E-state index is -0.296. The normalized spacial score (nSPS) is 13.8. The molecule has 0 atom stereocenters. The number of hydrogen-bond donors (Lipinski definition) is 1. The summed E-state index contributed by atoms with van der Waals surface area (Å²) in [6.07, 6.45) is 6.32. The number of carbonyl (C=O) groups is 1. The third-order valence-corrected chi connectivity index (χ3v) is 6.38. The van der Waals surface area contributed by atoms with Crippen LogP contribution in [-0.4, -0.2) is 22.1 Å². The molecule has 180 valence electrons. The van der Waals surface area contributed by atoms with Crippen molar-refractivity contribution in [2.75, 3.05) is 6.61 Å². The van der Waals surface area contributed by atoms with E-state index in [1.54, 1.807) is 24.3 Å². The number of hydrogen-bond acceptors (Lipinski definition) is 4. The maximum atomic E-state index is 13.5. The van der Waals surface area contributed by atoms with E-state index in [1.165, 1.54) is 25.0 Å². The zero-order valence-corrected chi connectivity index (χ0v) is 19.7. The van der Waals surface area contributed by atoms with E-state index < -0.39 is 0 Å². The van der Waals surface area contributed by atoms with Gasteiger partial charge in [0.05, 0.1) is 18.6 Å². The van der Waals surface area contributed by atoms with Crippen molar-refractivity contribution in [2.45, 2.75) is 45.2 Å². The lowest BCUT2D eigenvalue weighted by Gasteiger charge is -2.15. The molecule has 1 N–H and O–H groups in total. The van der Waals surface area contributed by atoms with Crippen molar-refractivity contribution in [3.8, 4) is 28.5 Å². The van der Waals surface area contributed by atoms with Gasteiger partial charge in [-0.1, -0.05) is 25.0 Å². The summed E-state index contributed by atoms with van der Waals surface area (Å²) in [7, 11) is 0. The van der Waals surface area contributed by atoms with Gasteiger partial charge >= 0.3 is 0 Å². The molecule has 2 aromatic carbocycles. The highest BCUT2D eigenvalue weighted by Gasteiger charge is 2.26. The second-order valence-electron chi connectivity index (χ2n) is 8.72. The van der Waals surface area contributed by atoms with E-state index in [2.05, 4.69) is 14.9 Å². The Morgan fingerprint density at radius 2 is 1.83 bits per heavy atom. The zero-order chi connectivity index (χ0) is 24.2. The number of furan rings is 1. The van der Waals surface area contributed by atoms with Crippen LogP contribution in [0.3, 0.4) is 0 Å². The summed E-state index contributed by atoms with van der Waals surface area (Å²) < 4.78 is 27.2. The van der Waals surface area contributed by atoms with E-state index in [9.17, 15) is 9.18 Å². The van der Waals surface area contributed by atoms with Crippen molar-refractivity contribution in [3.63, 3.8) is 0 Å². The number of rotatable bonds is 8. The zero-order valence-electron chi connectivity index (χ0n) is 19.7. The molecule has 2 aromatic heterocycles. The van der Waals surface area contributed by atoms with E-state index in [0.717, 1.165) is 35.4 Å². The smallest absolute Gasteiger partial charge is 0.287 e. The van der Waals surface area contributed by atoms with Gasteiger partial charge in [-0.2, -0.15) is 0 Å². The summed E-state index contributed by atoms with van der Waals surface area (Å²) in [5.74, 6) is 1.01. The molecule has 2 heterocycles. The Labute approximate surface area is 203 Å². The summed E-state index contributed by atoms with van der Waals surface area (Å²) in [6.45, 7) is 2.93. The van der Waals surface area contributed by atoms with E-state index >= 15 is 0 Å². The predicted octanol–water partition coefficient (Wildman–Crippen LogP) is 6.39. The molecule has 0 aliphatic heterocycles. The van der Waals surface area contributed by atoms with E-state index in [0.29, 0.717) is 30.6 Å². The number of nitrogens with one attached hydrogen (secondary N) is 1. The van der Waals surface area contributed by atoms with Crippen LogP contribution in [-0.2, 0) is 6.54 Å². The van der Waals surface area contributed by atoms with Crippen LogP contribution in [0.15, 0.2) is 71.4 Å². The molecular weight excluding hydrogens is 445 g/mol. The largest absolute Gasteiger partial charge is 0.494 e. The van der Waals surface area contributed by atoms with Crippen molar-refractivity contribution < 1.29 is 18.3 Å². The molecule has 1 saturated carbocycles. The Hall–Kier alpha value is -3.87. The molecule has 0 unspecified atom stereocenters. The van der Waals surface area contributed by atoms with Crippen LogP contribution in [0, 0.1) is 5.82 Å². The second-order valence-corrected chi connectivity index (χ2v) is 8.72. The maximum Gasteiger partial charge on any atom is 0.287 e. The summed E-state index contributed by atoms with van der Waals surface area (Å²) >= 11 is 0. The fraction of sp³-hybridized carbons (Fsp3) is 0.286. The molecule has 6 nitrogen and oxygen atoms in total. The number of carbonyl (C=O) groups excluding carboxylic acids is 1. The highest BCUT2D eigenvalue weighted by Crippen LogP contribution is 2.39. The number of imidazole rings is 1. The average molecular weight is 474 g/mol. The Bertz CT molecular complexity index is 1290. The third-order valence-electron chi connectivity index (χ3n) is 6.38. The topological polar surface area (TPSA) is 69.3 Å². The summed E-state index contributed by atoms with van der Waals surface area (Å²) in [5, 5.41) is 2.91. The highest BCUT2D eigenvalue weighted by atomic mass is 19.1. The maximum absolute atomic E-state index is 13.5. The molecule has 35 heavy (non-hydrogen) atoms. The molecule has 1 aliphatic rings. The number of amides is 1. The Kier molecular flexibility index (Phi) is 6.66. The molecule has 0 radical (unpaired) electrons. The van der Waals surface area contributed by atoms with Gasteiger partial charge in [0.25, 0.3) is 5.91 Å². The quantitative estimate of drug-likeness (QED) is 0.322. The van der Waals surface area contributed by atoms with E-state index in [-0.39, 0.29) is 17.5 Å². The fourth-order valence-electron chi connectivity index (χ4n) is 4.61. The SMILES string of the molecule is CCOc1ccc(CNC(=O)c2ccc(-c3c(-c4ccc(F)cc4)ncn3C3CCCC3)o2)cc1. The first-order valence-electron chi connectivity index (χ1n) is 12.1. The van der Waals surface area contributed by atoms with Gasteiger partial charge in [0.15, 0.2) is 11.5 Å². The summed E-state index contributed by atoms with van der Waals surface area (Å²) in [6, 6.07) is 17.7. The molecule has 0 saturated heterocycles. The van der Waals surface area contributed by atoms with Crippen LogP contribution in [0.5, 0.6) is 5.75 Å². The van der Waals surface area contributed by atoms with Crippen molar-refractivity contribution in [3.05, 3.63) is 84.1 Å². The van der Waals surface area contributed by atoms with Crippen molar-refractivity contribution >= 4 is 5.91 Å². The highest BCUT2D eigenvalue weighted by molar-refractivity contribution is 5.92. The van der Waals surface area contributed by atoms with Gasteiger partial charge in [0.2, 0.25) is 0 Å². The molecule has 1 fully saturated rings. The van der Waals surface area contributed by atoms with Gasteiger partial charge in [-0.05, 0) is 73.9 Å². The number of ether oxygens (including phenoxy) is 1. The molecule has 0 spiro atoms. The fourth-order valence-corrected chi connectivity index (χ4v) is 4.61. The average Bonchev–Trinajstić information content (AvgIpc) is 3.64. The first-order chi connectivity index (χ1) is 17.1. The number of benzene rings is 2. The Morgan fingerprint density at radius 3 is 2.54 bits per heavy atom. The van der Waals surface area contributed by atoms with Gasteiger partial charge in [0.1, 0.15) is 17.3 Å². The lowest BCUT2D eigenvalue weighted by molar-refractivity contribution is 0.0924. The molecule has 7 heteroatoms. The first kappa shape index (κ1) is 22.9. The van der Waals surface area contributed by atoms with Crippen LogP contribution < -0.4 is 10.1 Å². The standard InChI is InChI=1S/C28H28FN3O3/c1-2-34-23-13-7-19(8-14-23)17-30-28(33)25-16-15-24(35-25)27-26(20-9-11-21(29)12-10-20)31-18-32(27)22-5-3-4-6-22/h7-16,18,22H,2-6,17H2,1H3,(H,30,33). The predicted molar refractivity (Wildman–Crippen MR) is 132 cm³/mol. The lowest BCUT2D eigenvalue weighted by atomic mass is 10.1. The number of nitrogens with zero attached hydrogens (tertiary/aromatic N) is 2. The van der Waals surface area contributed by atoms with Gasteiger partial charge in [-0.3, -0.25) is 4.79 Å². The minimum absolute atomic E-state index is 0.232. The van der Waals surface area contributed by atoms with Crippen molar-refractivity contribution in [1.82, 2.24) is 14.9 Å². The summed E-state index contributed by atoms with van der Waals surface area (Å²) in [5.41, 5.74) is 3.30. The molecule has 0 bridgehead atoms. The van der Waals surface area contributed by atoms with E-state index in [4.69, 9.17) is 9.15 Å². The Morgan fingerprint density at radius 1 is 1.09 bits per heavy atom. The number of aromatic nitrogens is 2. The molecule has 4 aromatic rings. The van der Waals surface area contributed by atoms with Gasteiger partial charge in [-0.25, -0.2) is 9.37 Å². The van der Waals surface area contributed by atoms with Crippen molar-refractivity contribution in [1.29, 1.82) is 0 Å². The summed E-state index contributed by atoms with van der Waals surface area (Å²) in [4.78, 5) is 17.5. The van der Waals surface area contributed by atoms with E-state index in [1.807, 2.05) is 37.5 Å². The minimum Gasteiger partial charge on any atom is -0.494 e. The van der Waals surface area contributed by atoms with Gasteiger partial charge in [0, 0.05) is 18.2 Å². The number of halogens is 1. The molecule has 5 rings (SSSR count). The first-order valence-corrected chi connectivity index (χ1v) is 12.1. The van der Waals surface area contributed by atoms with Crippen molar-refractivity contribution in [2.24, 2.45) is 0 Å². The second kappa shape index (κ2) is 10.2. The Balaban J connectivity index is 1.38. The van der Waals surface area contributed by atoms with Crippen LogP contribution in [0.4, 0.5) is 4.39 Å². The third kappa shape index (κ3) is 4.99. The molecule has 1 aliphatic carbocycles. The lowest BCUT2D eigenvalue weighted by Crippen LogP contribution is -2.22. The molecular formula is C28H28FN3O3. The van der Waals surface area contributed by atoms with Crippen LogP contribution >= 0.6 is 0 Å². The molecule has 1 amide bonds. The van der Waals surface area contributed by atoms with Gasteiger partial charge in [-0.15, -0.1) is 0 Å². The van der Waals surface area contributed by atoms with Crippen LogP contribution in [0.2, 0.25) is 0 Å². The monoisotopic (exact) mass is 473 g/mol.